The van der Waals surface area contributed by atoms with Gasteiger partial charge >= 0.3 is 6.18 Å². The number of hydrogen-bond acceptors (Lipinski definition) is 6. The Morgan fingerprint density at radius 3 is 2.36 bits per heavy atom. The summed E-state index contributed by atoms with van der Waals surface area (Å²) in [7, 11) is 0. The number of benzene rings is 2. The van der Waals surface area contributed by atoms with Gasteiger partial charge in [-0.05, 0) is 43.3 Å². The van der Waals surface area contributed by atoms with Gasteiger partial charge in [-0.1, -0.05) is 0 Å². The maximum Gasteiger partial charge on any atom is 0.423 e. The first-order valence-corrected chi connectivity index (χ1v) is 7.71. The molecule has 150 valence electrons. The third-order valence-corrected chi connectivity index (χ3v) is 3.60. The van der Waals surface area contributed by atoms with Crippen LogP contribution in [0.15, 0.2) is 42.5 Å². The molecule has 0 bridgehead atoms. The van der Waals surface area contributed by atoms with Crippen molar-refractivity contribution >= 4 is 17.3 Å². The maximum atomic E-state index is 13.0. The van der Waals surface area contributed by atoms with Crippen molar-refractivity contribution in [1.29, 1.82) is 0 Å². The van der Waals surface area contributed by atoms with E-state index in [9.17, 15) is 38.3 Å². The van der Waals surface area contributed by atoms with Crippen LogP contribution in [0.1, 0.15) is 12.5 Å². The Morgan fingerprint density at radius 2 is 1.82 bits per heavy atom. The number of aliphatic hydroxyl groups is 1. The van der Waals surface area contributed by atoms with Crippen molar-refractivity contribution in [3.8, 4) is 11.5 Å². The Labute approximate surface area is 156 Å². The lowest BCUT2D eigenvalue weighted by molar-refractivity contribution is -0.388. The van der Waals surface area contributed by atoms with Crippen LogP contribution in [0.5, 0.6) is 11.5 Å². The number of nitro benzene ring substituents is 1. The largest absolute Gasteiger partial charge is 0.508 e. The van der Waals surface area contributed by atoms with E-state index in [1.807, 2.05) is 0 Å². The summed E-state index contributed by atoms with van der Waals surface area (Å²) in [6, 6.07) is 7.35. The molecule has 2 aromatic rings. The number of carbonyl (C=O) groups is 1. The Morgan fingerprint density at radius 1 is 1.21 bits per heavy atom. The molecular weight excluding hydrogens is 385 g/mol. The molecule has 0 radical (unpaired) electrons. The fraction of sp³-hybridized carbons (Fsp3) is 0.235. The van der Waals surface area contributed by atoms with Gasteiger partial charge in [-0.25, -0.2) is 0 Å². The zero-order valence-electron chi connectivity index (χ0n) is 14.4. The number of halogens is 3. The van der Waals surface area contributed by atoms with Crippen LogP contribution in [0.2, 0.25) is 0 Å². The number of anilines is 1. The first-order chi connectivity index (χ1) is 12.9. The van der Waals surface area contributed by atoms with Crippen LogP contribution in [0.3, 0.4) is 0 Å². The number of phenols is 1. The van der Waals surface area contributed by atoms with Gasteiger partial charge in [-0.3, -0.25) is 14.9 Å². The second kappa shape index (κ2) is 7.72. The van der Waals surface area contributed by atoms with Crippen LogP contribution in [0.25, 0.3) is 0 Å². The van der Waals surface area contributed by atoms with E-state index in [4.69, 9.17) is 4.74 Å². The number of ether oxygens (including phenoxy) is 1. The molecule has 28 heavy (non-hydrogen) atoms. The van der Waals surface area contributed by atoms with E-state index < -0.39 is 40.5 Å². The van der Waals surface area contributed by atoms with Crippen molar-refractivity contribution in [3.05, 3.63) is 58.1 Å². The van der Waals surface area contributed by atoms with Gasteiger partial charge in [0.2, 0.25) is 0 Å². The SMILES string of the molecule is C[C@](O)(COc1ccc(O)cc1)C(=O)Nc1ccc([N+](=O)[O-])c(C(F)(F)F)c1. The first-order valence-electron chi connectivity index (χ1n) is 7.71. The van der Waals surface area contributed by atoms with Crippen LogP contribution >= 0.6 is 0 Å². The standard InChI is InChI=1S/C17H15F3N2O6/c1-16(25,9-28-12-5-3-11(23)4-6-12)15(24)21-10-2-7-14(22(26)27)13(8-10)17(18,19)20/h2-8,23,25H,9H2,1H3,(H,21,24)/t16-/m0/s1. The fourth-order valence-electron chi connectivity index (χ4n) is 2.10. The molecule has 0 unspecified atom stereocenters. The zero-order chi connectivity index (χ0) is 21.1. The zero-order valence-corrected chi connectivity index (χ0v) is 14.4. The first kappa shape index (κ1) is 21.0. The molecule has 1 amide bonds. The Hall–Kier alpha value is -3.34. The lowest BCUT2D eigenvalue weighted by Crippen LogP contribution is -2.45. The molecule has 0 aromatic heterocycles. The number of aromatic hydroxyl groups is 1. The van der Waals surface area contributed by atoms with Crippen LogP contribution in [0.4, 0.5) is 24.5 Å². The van der Waals surface area contributed by atoms with Crippen LogP contribution in [-0.4, -0.2) is 33.3 Å². The molecule has 11 heteroatoms. The monoisotopic (exact) mass is 400 g/mol. The van der Waals surface area contributed by atoms with E-state index in [-0.39, 0.29) is 17.2 Å². The average molecular weight is 400 g/mol. The van der Waals surface area contributed by atoms with Crippen molar-refractivity contribution in [2.24, 2.45) is 0 Å². The van der Waals surface area contributed by atoms with Gasteiger partial charge in [-0.2, -0.15) is 13.2 Å². The number of nitrogens with zero attached hydrogens (tertiary/aromatic N) is 1. The highest BCUT2D eigenvalue weighted by atomic mass is 19.4. The van der Waals surface area contributed by atoms with Gasteiger partial charge in [0.25, 0.3) is 11.6 Å². The Balaban J connectivity index is 2.14. The highest BCUT2D eigenvalue weighted by Crippen LogP contribution is 2.37. The summed E-state index contributed by atoms with van der Waals surface area (Å²) >= 11 is 0. The second-order valence-electron chi connectivity index (χ2n) is 6.00. The highest BCUT2D eigenvalue weighted by Gasteiger charge is 2.39. The van der Waals surface area contributed by atoms with E-state index in [2.05, 4.69) is 5.32 Å². The van der Waals surface area contributed by atoms with Gasteiger partial charge in [-0.15, -0.1) is 0 Å². The number of phenolic OH excluding ortho intramolecular Hbond substituents is 1. The van der Waals surface area contributed by atoms with Gasteiger partial charge in [0, 0.05) is 11.8 Å². The number of alkyl halides is 3. The molecule has 0 saturated heterocycles. The van der Waals surface area contributed by atoms with Crippen LogP contribution < -0.4 is 10.1 Å². The van der Waals surface area contributed by atoms with E-state index in [0.29, 0.717) is 12.1 Å². The Kier molecular flexibility index (Phi) is 5.78. The maximum absolute atomic E-state index is 13.0. The molecule has 0 spiro atoms. The van der Waals surface area contributed by atoms with Crippen LogP contribution in [0, 0.1) is 10.1 Å². The minimum Gasteiger partial charge on any atom is -0.508 e. The normalized spacial score (nSPS) is 13.5. The third-order valence-electron chi connectivity index (χ3n) is 3.60. The van der Waals surface area contributed by atoms with Gasteiger partial charge in [0.05, 0.1) is 4.92 Å². The van der Waals surface area contributed by atoms with E-state index in [1.54, 1.807) is 0 Å². The molecule has 0 heterocycles. The second-order valence-corrected chi connectivity index (χ2v) is 6.00. The predicted octanol–water partition coefficient (Wildman–Crippen LogP) is 3.09. The smallest absolute Gasteiger partial charge is 0.423 e. The van der Waals surface area contributed by atoms with Gasteiger partial charge < -0.3 is 20.3 Å². The number of amides is 1. The number of rotatable bonds is 6. The van der Waals surface area contributed by atoms with Crippen molar-refractivity contribution in [1.82, 2.24) is 0 Å². The van der Waals surface area contributed by atoms with Crippen molar-refractivity contribution in [2.75, 3.05) is 11.9 Å². The summed E-state index contributed by atoms with van der Waals surface area (Å²) < 4.78 is 44.2. The third kappa shape index (κ3) is 5.10. The summed E-state index contributed by atoms with van der Waals surface area (Å²) in [5.74, 6) is -0.857. The van der Waals surface area contributed by atoms with E-state index in [1.165, 1.54) is 24.3 Å². The summed E-state index contributed by atoms with van der Waals surface area (Å²) in [4.78, 5) is 21.8. The minimum atomic E-state index is -5.01. The topological polar surface area (TPSA) is 122 Å². The molecule has 3 N–H and O–H groups in total. The number of nitrogens with one attached hydrogen (secondary N) is 1. The summed E-state index contributed by atoms with van der Waals surface area (Å²) in [6.07, 6.45) is -5.01. The lowest BCUT2D eigenvalue weighted by atomic mass is 10.1. The summed E-state index contributed by atoms with van der Waals surface area (Å²) in [5, 5.41) is 32.2. The molecule has 0 aliphatic rings. The van der Waals surface area contributed by atoms with Crippen LogP contribution in [-0.2, 0) is 11.0 Å². The molecule has 2 aromatic carbocycles. The van der Waals surface area contributed by atoms with Gasteiger partial charge in [0.15, 0.2) is 5.60 Å². The molecule has 0 aliphatic carbocycles. The number of hydrogen-bond donors (Lipinski definition) is 3. The van der Waals surface area contributed by atoms with E-state index in [0.717, 1.165) is 13.0 Å². The Bertz CT molecular complexity index is 881. The predicted molar refractivity (Wildman–Crippen MR) is 91.0 cm³/mol. The molecule has 1 atom stereocenters. The number of nitro groups is 1. The molecule has 0 aliphatic heterocycles. The molecule has 0 saturated carbocycles. The molecule has 2 rings (SSSR count). The lowest BCUT2D eigenvalue weighted by Gasteiger charge is -2.23. The van der Waals surface area contributed by atoms with Crippen molar-refractivity contribution in [2.45, 2.75) is 18.7 Å². The average Bonchev–Trinajstić information content (AvgIpc) is 2.60. The summed E-state index contributed by atoms with van der Waals surface area (Å²) in [5.41, 5.74) is -5.20. The minimum absolute atomic E-state index is 0.0181. The summed E-state index contributed by atoms with van der Waals surface area (Å²) in [6.45, 7) is 0.543. The molecule has 0 fully saturated rings. The quantitative estimate of drug-likeness (QED) is 0.506. The van der Waals surface area contributed by atoms with E-state index >= 15 is 0 Å². The molecular formula is C17H15F3N2O6. The van der Waals surface area contributed by atoms with Crippen molar-refractivity contribution < 1.29 is 37.8 Å². The molecule has 8 nitrogen and oxygen atoms in total. The fourth-order valence-corrected chi connectivity index (χ4v) is 2.10. The van der Waals surface area contributed by atoms with Gasteiger partial charge in [0.1, 0.15) is 23.7 Å². The van der Waals surface area contributed by atoms with Crippen molar-refractivity contribution in [3.63, 3.8) is 0 Å². The number of carbonyl (C=O) groups excluding carboxylic acids is 1. The highest BCUT2D eigenvalue weighted by molar-refractivity contribution is 5.97.